The van der Waals surface area contributed by atoms with Gasteiger partial charge in [0.25, 0.3) is 5.16 Å². The third-order valence-electron chi connectivity index (χ3n) is 2.82. The molecule has 0 saturated heterocycles. The minimum absolute atomic E-state index is 0.00429. The number of ether oxygens (including phenoxy) is 3. The van der Waals surface area contributed by atoms with Crippen molar-refractivity contribution in [2.75, 3.05) is 26.1 Å². The third-order valence-corrected chi connectivity index (χ3v) is 4.14. The molecule has 0 spiro atoms. The van der Waals surface area contributed by atoms with Crippen molar-refractivity contribution in [3.63, 3.8) is 0 Å². The standard InChI is InChI=1S/C13H12ClF3N6O6S/c1-27-7-4-8(28-2)20-10(19-7)22-11(24)23-30(25,26)12-18-6(14)3-9(21-12)29-5-13(15,16)17/h3-4H,5H2,1-2H3,(H2,19,20,22,23,24). The molecule has 2 N–H and O–H groups in total. The molecule has 0 aliphatic rings. The SMILES string of the molecule is COc1cc(OC)nc(NC(=O)NS(=O)(=O)c2nc(Cl)cc(OCC(F)(F)F)n2)n1. The van der Waals surface area contributed by atoms with Crippen LogP contribution in [0.5, 0.6) is 17.6 Å². The van der Waals surface area contributed by atoms with E-state index in [1.54, 1.807) is 0 Å². The summed E-state index contributed by atoms with van der Waals surface area (Å²) >= 11 is 5.59. The van der Waals surface area contributed by atoms with E-state index in [0.29, 0.717) is 0 Å². The molecule has 0 aromatic carbocycles. The van der Waals surface area contributed by atoms with E-state index in [1.165, 1.54) is 25.0 Å². The van der Waals surface area contributed by atoms with Gasteiger partial charge in [0.2, 0.25) is 23.6 Å². The fourth-order valence-electron chi connectivity index (χ4n) is 1.69. The first-order valence-electron chi connectivity index (χ1n) is 7.47. The van der Waals surface area contributed by atoms with Crippen LogP contribution < -0.4 is 24.2 Å². The van der Waals surface area contributed by atoms with E-state index in [0.717, 1.165) is 6.07 Å². The number of hydrogen-bond donors (Lipinski definition) is 2. The van der Waals surface area contributed by atoms with Crippen molar-refractivity contribution in [2.24, 2.45) is 0 Å². The Kier molecular flexibility index (Phi) is 7.04. The summed E-state index contributed by atoms with van der Waals surface area (Å²) in [4.78, 5) is 26.2. The molecule has 12 nitrogen and oxygen atoms in total. The molecule has 2 aromatic heterocycles. The fourth-order valence-corrected chi connectivity index (χ4v) is 2.73. The minimum Gasteiger partial charge on any atom is -0.481 e. The predicted octanol–water partition coefficient (Wildman–Crippen LogP) is 1.39. The molecule has 2 amide bonds. The molecule has 2 heterocycles. The highest BCUT2D eigenvalue weighted by Crippen LogP contribution is 2.21. The number of alkyl halides is 3. The number of nitrogens with one attached hydrogen (secondary N) is 2. The molecular weight excluding hydrogens is 461 g/mol. The number of urea groups is 1. The Labute approximate surface area is 171 Å². The summed E-state index contributed by atoms with van der Waals surface area (Å²) in [7, 11) is -2.19. The average molecular weight is 473 g/mol. The second-order valence-electron chi connectivity index (χ2n) is 5.05. The van der Waals surface area contributed by atoms with Gasteiger partial charge in [-0.2, -0.15) is 36.5 Å². The van der Waals surface area contributed by atoms with Gasteiger partial charge in [-0.3, -0.25) is 5.32 Å². The molecule has 2 aromatic rings. The van der Waals surface area contributed by atoms with Gasteiger partial charge in [0, 0.05) is 6.07 Å². The van der Waals surface area contributed by atoms with Crippen molar-refractivity contribution in [2.45, 2.75) is 11.3 Å². The fraction of sp³-hybridized carbons (Fsp3) is 0.308. The Hall–Kier alpha value is -3.14. The number of methoxy groups -OCH3 is 2. The van der Waals surface area contributed by atoms with Crippen LogP contribution in [-0.4, -0.2) is 61.4 Å². The van der Waals surface area contributed by atoms with Crippen molar-refractivity contribution in [1.29, 1.82) is 0 Å². The molecule has 17 heteroatoms. The van der Waals surface area contributed by atoms with Crippen molar-refractivity contribution in [1.82, 2.24) is 24.7 Å². The monoisotopic (exact) mass is 472 g/mol. The Morgan fingerprint density at radius 1 is 1.07 bits per heavy atom. The van der Waals surface area contributed by atoms with Crippen LogP contribution in [0.1, 0.15) is 0 Å². The normalized spacial score (nSPS) is 11.5. The van der Waals surface area contributed by atoms with Gasteiger partial charge in [-0.15, -0.1) is 0 Å². The molecule has 30 heavy (non-hydrogen) atoms. The summed E-state index contributed by atoms with van der Waals surface area (Å²) in [6.07, 6.45) is -4.70. The Morgan fingerprint density at radius 2 is 1.67 bits per heavy atom. The summed E-state index contributed by atoms with van der Waals surface area (Å²) in [6, 6.07) is 0.719. The van der Waals surface area contributed by atoms with Crippen molar-refractivity contribution in [3.05, 3.63) is 17.3 Å². The van der Waals surface area contributed by atoms with E-state index in [-0.39, 0.29) is 17.7 Å². The maximum absolute atomic E-state index is 12.3. The highest BCUT2D eigenvalue weighted by Gasteiger charge is 2.30. The first kappa shape index (κ1) is 23.1. The van der Waals surface area contributed by atoms with Gasteiger partial charge < -0.3 is 14.2 Å². The van der Waals surface area contributed by atoms with E-state index >= 15 is 0 Å². The minimum atomic E-state index is -4.76. The molecule has 0 fully saturated rings. The van der Waals surface area contributed by atoms with Crippen LogP contribution in [-0.2, 0) is 10.0 Å². The number of hydrogen-bond acceptors (Lipinski definition) is 10. The topological polar surface area (TPSA) is 155 Å². The van der Waals surface area contributed by atoms with Crippen LogP contribution >= 0.6 is 11.6 Å². The van der Waals surface area contributed by atoms with Crippen molar-refractivity contribution in [3.8, 4) is 17.6 Å². The number of carbonyl (C=O) groups is 1. The Bertz CT molecular complexity index is 1020. The number of nitrogens with zero attached hydrogens (tertiary/aromatic N) is 4. The second kappa shape index (κ2) is 9.12. The predicted molar refractivity (Wildman–Crippen MR) is 93.1 cm³/mol. The molecule has 0 aliphatic heterocycles. The van der Waals surface area contributed by atoms with Crippen molar-refractivity contribution >= 4 is 33.6 Å². The number of anilines is 1. The maximum atomic E-state index is 12.3. The van der Waals surface area contributed by atoms with Gasteiger partial charge in [-0.1, -0.05) is 11.6 Å². The van der Waals surface area contributed by atoms with Crippen LogP contribution in [0, 0.1) is 0 Å². The number of carbonyl (C=O) groups excluding carboxylic acids is 1. The summed E-state index contributed by atoms with van der Waals surface area (Å²) in [6.45, 7) is -1.75. The van der Waals surface area contributed by atoms with E-state index in [4.69, 9.17) is 21.1 Å². The van der Waals surface area contributed by atoms with Gasteiger partial charge in [0.05, 0.1) is 20.3 Å². The number of halogens is 4. The van der Waals surface area contributed by atoms with Gasteiger partial charge >= 0.3 is 22.2 Å². The van der Waals surface area contributed by atoms with Crippen LogP contribution in [0.25, 0.3) is 0 Å². The Balaban J connectivity index is 2.18. The summed E-state index contributed by atoms with van der Waals surface area (Å²) in [5.41, 5.74) is 0. The lowest BCUT2D eigenvalue weighted by molar-refractivity contribution is -0.154. The first-order chi connectivity index (χ1) is 13.9. The quantitative estimate of drug-likeness (QED) is 0.446. The number of aromatic nitrogens is 4. The lowest BCUT2D eigenvalue weighted by Gasteiger charge is -2.11. The molecule has 0 unspecified atom stereocenters. The number of rotatable bonds is 7. The summed E-state index contributed by atoms with van der Waals surface area (Å²) < 4.78 is 76.9. The first-order valence-corrected chi connectivity index (χ1v) is 9.33. The molecule has 0 atom stereocenters. The molecule has 0 aliphatic carbocycles. The van der Waals surface area contributed by atoms with Crippen LogP contribution in [0.4, 0.5) is 23.9 Å². The van der Waals surface area contributed by atoms with Crippen molar-refractivity contribution < 1.29 is 40.6 Å². The lowest BCUT2D eigenvalue weighted by atomic mass is 10.6. The highest BCUT2D eigenvalue weighted by atomic mass is 35.5. The van der Waals surface area contributed by atoms with Gasteiger partial charge in [0.15, 0.2) is 6.61 Å². The van der Waals surface area contributed by atoms with Gasteiger partial charge in [-0.05, 0) is 0 Å². The molecule has 164 valence electrons. The van der Waals surface area contributed by atoms with Crippen LogP contribution in [0.3, 0.4) is 0 Å². The van der Waals surface area contributed by atoms with E-state index in [2.05, 4.69) is 24.7 Å². The molecule has 0 radical (unpaired) electrons. The third kappa shape index (κ3) is 6.73. The molecule has 2 rings (SSSR count). The average Bonchev–Trinajstić information content (AvgIpc) is 2.64. The zero-order valence-electron chi connectivity index (χ0n) is 15.0. The van der Waals surface area contributed by atoms with E-state index < -0.39 is 45.0 Å². The summed E-state index contributed by atoms with van der Waals surface area (Å²) in [5.74, 6) is -1.14. The second-order valence-corrected chi connectivity index (χ2v) is 7.01. The summed E-state index contributed by atoms with van der Waals surface area (Å²) in [5, 5.41) is 0.368. The zero-order chi connectivity index (χ0) is 22.5. The smallest absolute Gasteiger partial charge is 0.422 e. The van der Waals surface area contributed by atoms with Gasteiger partial charge in [-0.25, -0.2) is 14.5 Å². The molecule has 0 saturated carbocycles. The van der Waals surface area contributed by atoms with E-state index in [1.807, 2.05) is 5.32 Å². The lowest BCUT2D eigenvalue weighted by Crippen LogP contribution is -2.36. The van der Waals surface area contributed by atoms with E-state index in [9.17, 15) is 26.4 Å². The number of sulfonamides is 1. The van der Waals surface area contributed by atoms with Gasteiger partial charge in [0.1, 0.15) is 5.15 Å². The largest absolute Gasteiger partial charge is 0.481 e. The number of amides is 2. The maximum Gasteiger partial charge on any atom is 0.422 e. The zero-order valence-corrected chi connectivity index (χ0v) is 16.6. The van der Waals surface area contributed by atoms with Crippen LogP contribution in [0.15, 0.2) is 17.3 Å². The Morgan fingerprint density at radius 3 is 2.20 bits per heavy atom. The highest BCUT2D eigenvalue weighted by molar-refractivity contribution is 7.89. The van der Waals surface area contributed by atoms with Crippen LogP contribution in [0.2, 0.25) is 5.15 Å². The molecule has 0 bridgehead atoms. The molecular formula is C13H12ClF3N6O6S.